The van der Waals surface area contributed by atoms with Gasteiger partial charge in [0.1, 0.15) is 0 Å². The smallest absolute Gasteiger partial charge is 0.0968 e. The molecule has 0 aromatic carbocycles. The van der Waals surface area contributed by atoms with E-state index in [-0.39, 0.29) is 0 Å². The largest absolute Gasteiger partial charge is 0.377 e. The molecule has 0 amide bonds. The van der Waals surface area contributed by atoms with Crippen molar-refractivity contribution >= 4 is 11.8 Å². The van der Waals surface area contributed by atoms with Crippen LogP contribution in [-0.4, -0.2) is 36.0 Å². The van der Waals surface area contributed by atoms with E-state index in [0.29, 0.717) is 11.4 Å². The Morgan fingerprint density at radius 3 is 3.00 bits per heavy atom. The van der Waals surface area contributed by atoms with Gasteiger partial charge in [-0.2, -0.15) is 0 Å². The third-order valence-corrected chi connectivity index (χ3v) is 4.24. The average Bonchev–Trinajstić information content (AvgIpc) is 2.80. The van der Waals surface area contributed by atoms with Gasteiger partial charge in [0, 0.05) is 30.6 Å². The molecule has 3 nitrogen and oxygen atoms in total. The fourth-order valence-corrected chi connectivity index (χ4v) is 3.43. The van der Waals surface area contributed by atoms with Gasteiger partial charge in [-0.05, 0) is 44.4 Å². The Bertz CT molecular complexity index is 385. The summed E-state index contributed by atoms with van der Waals surface area (Å²) in [6, 6.07) is 4.28. The minimum atomic E-state index is 0.427. The predicted octanol–water partition coefficient (Wildman–Crippen LogP) is 2.95. The number of pyridine rings is 1. The molecule has 1 aromatic rings. The summed E-state index contributed by atoms with van der Waals surface area (Å²) >= 11 is 1.84. The Kier molecular flexibility index (Phi) is 5.67. The van der Waals surface area contributed by atoms with Gasteiger partial charge in [-0.3, -0.25) is 0 Å². The molecule has 106 valence electrons. The number of ether oxygens (including phenoxy) is 1. The molecule has 1 N–H and O–H groups in total. The summed E-state index contributed by atoms with van der Waals surface area (Å²) in [7, 11) is 0. The van der Waals surface area contributed by atoms with Crippen molar-refractivity contribution in [2.75, 3.05) is 19.7 Å². The zero-order chi connectivity index (χ0) is 13.7. The maximum Gasteiger partial charge on any atom is 0.0968 e. The number of thioether (sulfide) groups is 1. The monoisotopic (exact) mass is 280 g/mol. The molecule has 19 heavy (non-hydrogen) atoms. The molecule has 1 saturated heterocycles. The highest BCUT2D eigenvalue weighted by Gasteiger charge is 2.15. The van der Waals surface area contributed by atoms with Crippen molar-refractivity contribution in [1.82, 2.24) is 10.3 Å². The van der Waals surface area contributed by atoms with Gasteiger partial charge in [0.2, 0.25) is 0 Å². The summed E-state index contributed by atoms with van der Waals surface area (Å²) in [6.45, 7) is 9.33. The van der Waals surface area contributed by atoms with E-state index >= 15 is 0 Å². The second kappa shape index (κ2) is 7.27. The number of aromatic nitrogens is 1. The molecule has 0 radical (unpaired) electrons. The van der Waals surface area contributed by atoms with Gasteiger partial charge in [0.05, 0.1) is 11.1 Å². The SMILES string of the molecule is Cc1cc(C)nc(SC(C)CNCC2CCCO2)c1. The lowest BCUT2D eigenvalue weighted by Gasteiger charge is -2.15. The van der Waals surface area contributed by atoms with Gasteiger partial charge < -0.3 is 10.1 Å². The van der Waals surface area contributed by atoms with Crippen LogP contribution in [-0.2, 0) is 4.74 Å². The summed E-state index contributed by atoms with van der Waals surface area (Å²) in [5.74, 6) is 0. The standard InChI is InChI=1S/C15H24N2OS/c1-11-7-12(2)17-15(8-11)19-13(3)9-16-10-14-5-4-6-18-14/h7-8,13-14,16H,4-6,9-10H2,1-3H3. The van der Waals surface area contributed by atoms with Crippen LogP contribution in [0, 0.1) is 13.8 Å². The van der Waals surface area contributed by atoms with Crippen LogP contribution in [0.3, 0.4) is 0 Å². The van der Waals surface area contributed by atoms with E-state index < -0.39 is 0 Å². The number of nitrogens with one attached hydrogen (secondary N) is 1. The Morgan fingerprint density at radius 2 is 2.32 bits per heavy atom. The van der Waals surface area contributed by atoms with Crippen molar-refractivity contribution in [3.63, 3.8) is 0 Å². The summed E-state index contributed by atoms with van der Waals surface area (Å²) < 4.78 is 5.60. The summed E-state index contributed by atoms with van der Waals surface area (Å²) in [6.07, 6.45) is 2.84. The molecule has 2 heterocycles. The van der Waals surface area contributed by atoms with Crippen LogP contribution in [0.25, 0.3) is 0 Å². The first-order valence-corrected chi connectivity index (χ1v) is 7.95. The Morgan fingerprint density at radius 1 is 1.47 bits per heavy atom. The van der Waals surface area contributed by atoms with Crippen molar-refractivity contribution in [2.45, 2.75) is 50.0 Å². The zero-order valence-corrected chi connectivity index (χ0v) is 12.9. The molecule has 0 aliphatic carbocycles. The number of hydrogen-bond acceptors (Lipinski definition) is 4. The Labute approximate surface area is 120 Å². The summed E-state index contributed by atoms with van der Waals surface area (Å²) in [4.78, 5) is 4.57. The molecular formula is C15H24N2OS. The molecule has 4 heteroatoms. The van der Waals surface area contributed by atoms with Crippen molar-refractivity contribution in [1.29, 1.82) is 0 Å². The normalized spacial score (nSPS) is 20.7. The second-order valence-corrected chi connectivity index (χ2v) is 6.80. The maximum atomic E-state index is 5.60. The molecule has 0 spiro atoms. The Hall–Kier alpha value is -0.580. The summed E-state index contributed by atoms with van der Waals surface area (Å²) in [5, 5.41) is 5.15. The van der Waals surface area contributed by atoms with Crippen LogP contribution >= 0.6 is 11.8 Å². The van der Waals surface area contributed by atoms with Crippen LogP contribution in [0.1, 0.15) is 31.0 Å². The van der Waals surface area contributed by atoms with Gasteiger partial charge >= 0.3 is 0 Å². The van der Waals surface area contributed by atoms with E-state index in [1.165, 1.54) is 18.4 Å². The zero-order valence-electron chi connectivity index (χ0n) is 12.1. The summed E-state index contributed by atoms with van der Waals surface area (Å²) in [5.41, 5.74) is 2.39. The van der Waals surface area contributed by atoms with Gasteiger partial charge in [0.25, 0.3) is 0 Å². The molecule has 1 aliphatic rings. The molecule has 1 aromatic heterocycles. The topological polar surface area (TPSA) is 34.2 Å². The molecule has 2 atom stereocenters. The van der Waals surface area contributed by atoms with E-state index in [2.05, 4.69) is 43.2 Å². The predicted molar refractivity (Wildman–Crippen MR) is 80.9 cm³/mol. The quantitative estimate of drug-likeness (QED) is 0.812. The lowest BCUT2D eigenvalue weighted by molar-refractivity contribution is 0.110. The third-order valence-electron chi connectivity index (χ3n) is 3.22. The van der Waals surface area contributed by atoms with Crippen LogP contribution in [0.2, 0.25) is 0 Å². The van der Waals surface area contributed by atoms with Crippen molar-refractivity contribution in [3.05, 3.63) is 23.4 Å². The van der Waals surface area contributed by atoms with E-state index in [9.17, 15) is 0 Å². The first-order valence-electron chi connectivity index (χ1n) is 7.08. The highest BCUT2D eigenvalue weighted by Crippen LogP contribution is 2.22. The molecule has 1 aliphatic heterocycles. The van der Waals surface area contributed by atoms with E-state index in [0.717, 1.165) is 30.4 Å². The number of rotatable bonds is 6. The van der Waals surface area contributed by atoms with Crippen LogP contribution in [0.4, 0.5) is 0 Å². The second-order valence-electron chi connectivity index (χ2n) is 5.35. The third kappa shape index (κ3) is 5.13. The highest BCUT2D eigenvalue weighted by atomic mass is 32.2. The molecule has 0 saturated carbocycles. The molecule has 2 rings (SSSR count). The minimum Gasteiger partial charge on any atom is -0.377 e. The molecule has 2 unspecified atom stereocenters. The van der Waals surface area contributed by atoms with Crippen LogP contribution in [0.5, 0.6) is 0 Å². The van der Waals surface area contributed by atoms with Crippen LogP contribution < -0.4 is 5.32 Å². The fourth-order valence-electron chi connectivity index (χ4n) is 2.37. The fraction of sp³-hybridized carbons (Fsp3) is 0.667. The lowest BCUT2D eigenvalue weighted by atomic mass is 10.2. The average molecular weight is 280 g/mol. The number of aryl methyl sites for hydroxylation is 2. The van der Waals surface area contributed by atoms with Crippen molar-refractivity contribution in [3.8, 4) is 0 Å². The lowest BCUT2D eigenvalue weighted by Crippen LogP contribution is -2.30. The van der Waals surface area contributed by atoms with Gasteiger partial charge in [-0.15, -0.1) is 11.8 Å². The van der Waals surface area contributed by atoms with Gasteiger partial charge in [0.15, 0.2) is 0 Å². The Balaban J connectivity index is 1.72. The van der Waals surface area contributed by atoms with Gasteiger partial charge in [-0.1, -0.05) is 6.92 Å². The van der Waals surface area contributed by atoms with Crippen molar-refractivity contribution in [2.24, 2.45) is 0 Å². The number of nitrogens with zero attached hydrogens (tertiary/aromatic N) is 1. The van der Waals surface area contributed by atoms with Gasteiger partial charge in [-0.25, -0.2) is 4.98 Å². The highest BCUT2D eigenvalue weighted by molar-refractivity contribution is 7.99. The van der Waals surface area contributed by atoms with Crippen LogP contribution in [0.15, 0.2) is 17.2 Å². The molecule has 1 fully saturated rings. The van der Waals surface area contributed by atoms with E-state index in [1.807, 2.05) is 11.8 Å². The first-order chi connectivity index (χ1) is 9.13. The molecule has 0 bridgehead atoms. The molecular weight excluding hydrogens is 256 g/mol. The number of hydrogen-bond donors (Lipinski definition) is 1. The van der Waals surface area contributed by atoms with E-state index in [4.69, 9.17) is 4.74 Å². The minimum absolute atomic E-state index is 0.427. The maximum absolute atomic E-state index is 5.60. The van der Waals surface area contributed by atoms with Crippen molar-refractivity contribution < 1.29 is 4.74 Å². The first kappa shape index (κ1) is 14.8. The van der Waals surface area contributed by atoms with E-state index in [1.54, 1.807) is 0 Å².